The lowest BCUT2D eigenvalue weighted by atomic mass is 9.85. The van der Waals surface area contributed by atoms with E-state index in [2.05, 4.69) is 20.8 Å². The summed E-state index contributed by atoms with van der Waals surface area (Å²) in [5.74, 6) is 0.761. The number of anilines is 1. The lowest BCUT2D eigenvalue weighted by Gasteiger charge is -2.24. The number of hydrogen-bond acceptors (Lipinski definition) is 3. The second-order valence-electron chi connectivity index (χ2n) is 6.23. The smallest absolute Gasteiger partial charge is 0.241 e. The average molecular weight is 284 g/mol. The maximum atomic E-state index is 12.5. The van der Waals surface area contributed by atoms with Crippen LogP contribution in [0, 0.1) is 5.92 Å². The monoisotopic (exact) mass is 284 g/mol. The minimum Gasteiger partial charge on any atom is -0.324 e. The molecule has 5 heteroatoms. The van der Waals surface area contributed by atoms with Crippen molar-refractivity contribution in [3.05, 3.63) is 24.4 Å². The normalized spacial score (nSPS) is 28.5. The second-order valence-corrected chi connectivity index (χ2v) is 6.23. The number of amides is 1. The van der Waals surface area contributed by atoms with Crippen molar-refractivity contribution in [2.45, 2.75) is 44.2 Å². The van der Waals surface area contributed by atoms with E-state index < -0.39 is 0 Å². The van der Waals surface area contributed by atoms with Crippen molar-refractivity contribution in [2.24, 2.45) is 5.92 Å². The first-order valence-electron chi connectivity index (χ1n) is 7.80. The van der Waals surface area contributed by atoms with Crippen molar-refractivity contribution in [2.75, 3.05) is 5.32 Å². The van der Waals surface area contributed by atoms with Gasteiger partial charge in [0.05, 0.1) is 23.4 Å². The van der Waals surface area contributed by atoms with Crippen molar-refractivity contribution in [3.63, 3.8) is 0 Å². The third-order valence-corrected chi connectivity index (χ3v) is 4.92. The summed E-state index contributed by atoms with van der Waals surface area (Å²) in [5.41, 5.74) is 1.78. The van der Waals surface area contributed by atoms with E-state index in [0.717, 1.165) is 23.0 Å². The molecule has 4 rings (SSSR count). The van der Waals surface area contributed by atoms with Crippen LogP contribution < -0.4 is 10.6 Å². The zero-order valence-corrected chi connectivity index (χ0v) is 11.9. The number of H-pyrrole nitrogens is 1. The molecule has 1 aromatic heterocycles. The number of nitrogens with one attached hydrogen (secondary N) is 3. The Kier molecular flexibility index (Phi) is 3.15. The molecule has 110 valence electrons. The molecule has 2 heterocycles. The molecule has 3 unspecified atom stereocenters. The van der Waals surface area contributed by atoms with Gasteiger partial charge in [0.15, 0.2) is 0 Å². The zero-order valence-electron chi connectivity index (χ0n) is 11.9. The quantitative estimate of drug-likeness (QED) is 0.793. The number of aromatic nitrogens is 2. The van der Waals surface area contributed by atoms with Crippen molar-refractivity contribution >= 4 is 22.5 Å². The Balaban J connectivity index is 1.50. The average Bonchev–Trinajstić information content (AvgIpc) is 3.14. The Hall–Kier alpha value is -1.88. The Morgan fingerprint density at radius 3 is 3.10 bits per heavy atom. The second kappa shape index (κ2) is 5.15. The maximum absolute atomic E-state index is 12.5. The molecule has 2 aliphatic rings. The number of benzene rings is 1. The molecule has 2 fully saturated rings. The predicted octanol–water partition coefficient (Wildman–Crippen LogP) is 2.42. The Morgan fingerprint density at radius 2 is 2.19 bits per heavy atom. The van der Waals surface area contributed by atoms with Crippen molar-refractivity contribution in [3.8, 4) is 0 Å². The third-order valence-electron chi connectivity index (χ3n) is 4.92. The fourth-order valence-corrected chi connectivity index (χ4v) is 3.82. The third kappa shape index (κ3) is 2.31. The van der Waals surface area contributed by atoms with Gasteiger partial charge in [-0.15, -0.1) is 0 Å². The Labute approximate surface area is 123 Å². The highest BCUT2D eigenvalue weighted by Crippen LogP contribution is 2.33. The highest BCUT2D eigenvalue weighted by atomic mass is 16.2. The zero-order chi connectivity index (χ0) is 14.2. The van der Waals surface area contributed by atoms with Crippen molar-refractivity contribution in [1.82, 2.24) is 15.5 Å². The van der Waals surface area contributed by atoms with E-state index >= 15 is 0 Å². The topological polar surface area (TPSA) is 69.8 Å². The molecule has 3 atom stereocenters. The molecular formula is C16H20N4O. The minimum atomic E-state index is -0.0553. The van der Waals surface area contributed by atoms with Gasteiger partial charge in [-0.25, -0.2) is 0 Å². The van der Waals surface area contributed by atoms with Gasteiger partial charge < -0.3 is 10.6 Å². The molecular weight excluding hydrogens is 264 g/mol. The summed E-state index contributed by atoms with van der Waals surface area (Å²) in [6.45, 7) is 0. The molecule has 1 aliphatic carbocycles. The van der Waals surface area contributed by atoms with Crippen LogP contribution in [0.25, 0.3) is 10.9 Å². The van der Waals surface area contributed by atoms with Gasteiger partial charge in [0.25, 0.3) is 0 Å². The highest BCUT2D eigenvalue weighted by molar-refractivity contribution is 6.02. The van der Waals surface area contributed by atoms with E-state index in [1.807, 2.05) is 18.2 Å². The fourth-order valence-electron chi connectivity index (χ4n) is 3.82. The molecule has 21 heavy (non-hydrogen) atoms. The van der Waals surface area contributed by atoms with Gasteiger partial charge in [0.1, 0.15) is 0 Å². The first-order valence-corrected chi connectivity index (χ1v) is 7.80. The largest absolute Gasteiger partial charge is 0.324 e. The van der Waals surface area contributed by atoms with Gasteiger partial charge in [-0.3, -0.25) is 9.89 Å². The number of hydrogen-bond donors (Lipinski definition) is 3. The maximum Gasteiger partial charge on any atom is 0.241 e. The van der Waals surface area contributed by atoms with Crippen LogP contribution in [0.4, 0.5) is 5.69 Å². The number of carbonyl (C=O) groups is 1. The van der Waals surface area contributed by atoms with E-state index in [0.29, 0.717) is 12.0 Å². The number of rotatable bonds is 2. The first-order chi connectivity index (χ1) is 10.3. The molecule has 1 saturated carbocycles. The lowest BCUT2D eigenvalue weighted by molar-refractivity contribution is -0.117. The van der Waals surface area contributed by atoms with E-state index in [1.165, 1.54) is 25.7 Å². The summed E-state index contributed by atoms with van der Waals surface area (Å²) in [5, 5.41) is 14.5. The molecule has 5 nitrogen and oxygen atoms in total. The molecule has 2 aromatic rings. The molecule has 3 N–H and O–H groups in total. The van der Waals surface area contributed by atoms with Crippen molar-refractivity contribution in [1.29, 1.82) is 0 Å². The van der Waals surface area contributed by atoms with Crippen LogP contribution in [-0.2, 0) is 4.79 Å². The Morgan fingerprint density at radius 1 is 1.29 bits per heavy atom. The molecule has 1 amide bonds. The fraction of sp³-hybridized carbons (Fsp3) is 0.500. The summed E-state index contributed by atoms with van der Waals surface area (Å²) in [7, 11) is 0. The van der Waals surface area contributed by atoms with Crippen LogP contribution >= 0.6 is 0 Å². The van der Waals surface area contributed by atoms with Crippen molar-refractivity contribution < 1.29 is 4.79 Å². The molecule has 1 saturated heterocycles. The van der Waals surface area contributed by atoms with Crippen LogP contribution in [0.15, 0.2) is 24.4 Å². The van der Waals surface area contributed by atoms with Crippen LogP contribution in [0.2, 0.25) is 0 Å². The van der Waals surface area contributed by atoms with E-state index in [4.69, 9.17) is 0 Å². The van der Waals surface area contributed by atoms with E-state index in [9.17, 15) is 4.79 Å². The lowest BCUT2D eigenvalue weighted by Crippen LogP contribution is -2.39. The SMILES string of the molecule is O=C(Nc1cccc2[nH]ncc12)C1CC2CCCCC2N1. The van der Waals surface area contributed by atoms with Gasteiger partial charge in [0, 0.05) is 11.4 Å². The summed E-state index contributed by atoms with van der Waals surface area (Å²) in [4.78, 5) is 12.5. The van der Waals surface area contributed by atoms with Gasteiger partial charge in [-0.05, 0) is 37.3 Å². The highest BCUT2D eigenvalue weighted by Gasteiger charge is 2.38. The molecule has 0 spiro atoms. The van der Waals surface area contributed by atoms with E-state index in [1.54, 1.807) is 6.20 Å². The summed E-state index contributed by atoms with van der Waals surface area (Å²) in [6.07, 6.45) is 7.80. The van der Waals surface area contributed by atoms with Gasteiger partial charge in [-0.1, -0.05) is 18.9 Å². The summed E-state index contributed by atoms with van der Waals surface area (Å²) < 4.78 is 0. The van der Waals surface area contributed by atoms with Crippen LogP contribution in [0.1, 0.15) is 32.1 Å². The summed E-state index contributed by atoms with van der Waals surface area (Å²) in [6, 6.07) is 6.30. The summed E-state index contributed by atoms with van der Waals surface area (Å²) >= 11 is 0. The molecule has 0 bridgehead atoms. The van der Waals surface area contributed by atoms with Crippen LogP contribution in [0.3, 0.4) is 0 Å². The molecule has 1 aromatic carbocycles. The Bertz CT molecular complexity index is 651. The van der Waals surface area contributed by atoms with Gasteiger partial charge in [-0.2, -0.15) is 5.10 Å². The first kappa shape index (κ1) is 12.8. The number of aromatic amines is 1. The molecule has 1 aliphatic heterocycles. The van der Waals surface area contributed by atoms with Crippen LogP contribution in [-0.4, -0.2) is 28.2 Å². The van der Waals surface area contributed by atoms with Gasteiger partial charge >= 0.3 is 0 Å². The molecule has 0 radical (unpaired) electrons. The number of nitrogens with zero attached hydrogens (tertiary/aromatic N) is 1. The minimum absolute atomic E-state index is 0.0553. The van der Waals surface area contributed by atoms with Crippen LogP contribution in [0.5, 0.6) is 0 Å². The predicted molar refractivity (Wildman–Crippen MR) is 82.0 cm³/mol. The van der Waals surface area contributed by atoms with E-state index in [-0.39, 0.29) is 11.9 Å². The van der Waals surface area contributed by atoms with Gasteiger partial charge in [0.2, 0.25) is 5.91 Å². The number of carbonyl (C=O) groups excluding carboxylic acids is 1. The standard InChI is InChI=1S/C16H20N4O/c21-16(15-8-10-4-1-2-5-12(10)18-15)19-13-6-3-7-14-11(13)9-17-20-14/h3,6-7,9-10,12,15,18H,1-2,4-5,8H2,(H,17,20)(H,19,21). The number of fused-ring (bicyclic) bond motifs is 2.